The summed E-state index contributed by atoms with van der Waals surface area (Å²) < 4.78 is 0. The quantitative estimate of drug-likeness (QED) is 0.866. The molecule has 17 heavy (non-hydrogen) atoms. The Morgan fingerprint density at radius 2 is 1.82 bits per heavy atom. The zero-order valence-electron chi connectivity index (χ0n) is 10.6. The van der Waals surface area contributed by atoms with Gasteiger partial charge in [-0.1, -0.05) is 0 Å². The second kappa shape index (κ2) is 5.91. The molecule has 0 aliphatic carbocycles. The monoisotopic (exact) mass is 255 g/mol. The average Bonchev–Trinajstić information content (AvgIpc) is 2.61. The van der Waals surface area contributed by atoms with E-state index in [2.05, 4.69) is 28.6 Å². The molecule has 1 aromatic heterocycles. The van der Waals surface area contributed by atoms with Crippen molar-refractivity contribution in [2.45, 2.75) is 20.4 Å². The van der Waals surface area contributed by atoms with Gasteiger partial charge in [0.1, 0.15) is 5.01 Å². The van der Waals surface area contributed by atoms with Crippen LogP contribution in [0.15, 0.2) is 0 Å². The molecule has 4 nitrogen and oxygen atoms in total. The van der Waals surface area contributed by atoms with Gasteiger partial charge in [-0.25, -0.2) is 4.98 Å². The average molecular weight is 255 g/mol. The van der Waals surface area contributed by atoms with Gasteiger partial charge < -0.3 is 5.11 Å². The largest absolute Gasteiger partial charge is 0.395 e. The number of hydrogen-bond donors (Lipinski definition) is 1. The number of piperazine rings is 1. The van der Waals surface area contributed by atoms with E-state index in [1.165, 1.54) is 15.6 Å². The second-order valence-corrected chi connectivity index (χ2v) is 5.88. The highest BCUT2D eigenvalue weighted by atomic mass is 32.1. The molecule has 1 aliphatic rings. The molecule has 0 amide bonds. The van der Waals surface area contributed by atoms with Crippen molar-refractivity contribution in [3.63, 3.8) is 0 Å². The third-order valence-corrected chi connectivity index (χ3v) is 4.37. The normalized spacial score (nSPS) is 18.8. The lowest BCUT2D eigenvalue weighted by molar-refractivity contribution is 0.108. The molecule has 0 saturated carbocycles. The van der Waals surface area contributed by atoms with Gasteiger partial charge in [0.05, 0.1) is 18.8 Å². The van der Waals surface area contributed by atoms with Crippen LogP contribution in [0.5, 0.6) is 0 Å². The van der Waals surface area contributed by atoms with Crippen LogP contribution < -0.4 is 0 Å². The first-order chi connectivity index (χ1) is 8.19. The first-order valence-corrected chi connectivity index (χ1v) is 6.99. The summed E-state index contributed by atoms with van der Waals surface area (Å²) in [7, 11) is 0. The first kappa shape index (κ1) is 13.0. The Kier molecular flexibility index (Phi) is 4.50. The predicted molar refractivity (Wildman–Crippen MR) is 70.4 cm³/mol. The second-order valence-electron chi connectivity index (χ2n) is 4.59. The van der Waals surface area contributed by atoms with Gasteiger partial charge in [-0.2, -0.15) is 0 Å². The third-order valence-electron chi connectivity index (χ3n) is 3.31. The maximum Gasteiger partial charge on any atom is 0.107 e. The van der Waals surface area contributed by atoms with E-state index in [1.54, 1.807) is 0 Å². The highest BCUT2D eigenvalue weighted by Gasteiger charge is 2.17. The fourth-order valence-electron chi connectivity index (χ4n) is 2.11. The van der Waals surface area contributed by atoms with Crippen molar-refractivity contribution < 1.29 is 5.11 Å². The summed E-state index contributed by atoms with van der Waals surface area (Å²) in [5.41, 5.74) is 1.17. The number of aliphatic hydroxyl groups excluding tert-OH is 1. The summed E-state index contributed by atoms with van der Waals surface area (Å²) in [4.78, 5) is 10.7. The molecule has 0 radical (unpaired) electrons. The van der Waals surface area contributed by atoms with E-state index in [-0.39, 0.29) is 6.61 Å². The molecule has 1 aromatic rings. The number of rotatable bonds is 4. The van der Waals surface area contributed by atoms with Crippen molar-refractivity contribution in [1.82, 2.24) is 14.8 Å². The highest BCUT2D eigenvalue weighted by molar-refractivity contribution is 7.11. The molecule has 2 rings (SSSR count). The number of nitrogens with zero attached hydrogens (tertiary/aromatic N) is 3. The van der Waals surface area contributed by atoms with Crippen LogP contribution in [-0.4, -0.2) is 59.2 Å². The lowest BCUT2D eigenvalue weighted by atomic mass is 10.3. The van der Waals surface area contributed by atoms with Crippen LogP contribution in [0.3, 0.4) is 0 Å². The molecular weight excluding hydrogens is 234 g/mol. The maximum atomic E-state index is 8.89. The molecule has 1 fully saturated rings. The van der Waals surface area contributed by atoms with Crippen molar-refractivity contribution in [1.29, 1.82) is 0 Å². The van der Waals surface area contributed by atoms with Gasteiger partial charge in [0, 0.05) is 37.6 Å². The van der Waals surface area contributed by atoms with Crippen LogP contribution in [0, 0.1) is 13.8 Å². The maximum absolute atomic E-state index is 8.89. The predicted octanol–water partition coefficient (Wildman–Crippen LogP) is 0.870. The number of thiazole rings is 1. The van der Waals surface area contributed by atoms with Crippen LogP contribution >= 0.6 is 11.3 Å². The number of aliphatic hydroxyl groups is 1. The Labute approximate surface area is 107 Å². The SMILES string of the molecule is Cc1nc(CN2CCN(CCO)CC2)sc1C. The topological polar surface area (TPSA) is 39.6 Å². The van der Waals surface area contributed by atoms with Crippen molar-refractivity contribution in [2.24, 2.45) is 0 Å². The van der Waals surface area contributed by atoms with Gasteiger partial charge in [0.25, 0.3) is 0 Å². The zero-order valence-corrected chi connectivity index (χ0v) is 11.5. The van der Waals surface area contributed by atoms with Crippen LogP contribution in [0.2, 0.25) is 0 Å². The van der Waals surface area contributed by atoms with Gasteiger partial charge in [0.2, 0.25) is 0 Å². The summed E-state index contributed by atoms with van der Waals surface area (Å²) in [5, 5.41) is 10.1. The van der Waals surface area contributed by atoms with Crippen LogP contribution in [0.4, 0.5) is 0 Å². The van der Waals surface area contributed by atoms with Gasteiger partial charge in [-0.15, -0.1) is 11.3 Å². The van der Waals surface area contributed by atoms with E-state index in [0.717, 1.165) is 39.3 Å². The van der Waals surface area contributed by atoms with Crippen LogP contribution in [-0.2, 0) is 6.54 Å². The molecule has 0 bridgehead atoms. The Morgan fingerprint density at radius 1 is 1.18 bits per heavy atom. The molecule has 2 heterocycles. The van der Waals surface area contributed by atoms with E-state index in [1.807, 2.05) is 11.3 Å². The Bertz CT molecular complexity index is 339. The van der Waals surface area contributed by atoms with Crippen molar-refractivity contribution in [3.05, 3.63) is 15.6 Å². The molecule has 1 aliphatic heterocycles. The minimum absolute atomic E-state index is 0.269. The lowest BCUT2D eigenvalue weighted by Crippen LogP contribution is -2.46. The highest BCUT2D eigenvalue weighted by Crippen LogP contribution is 2.18. The Morgan fingerprint density at radius 3 is 2.35 bits per heavy atom. The summed E-state index contributed by atoms with van der Waals surface area (Å²) >= 11 is 1.81. The fraction of sp³-hybridized carbons (Fsp3) is 0.750. The van der Waals surface area contributed by atoms with Crippen LogP contribution in [0.1, 0.15) is 15.6 Å². The molecule has 1 saturated heterocycles. The summed E-state index contributed by atoms with van der Waals surface area (Å²) in [5.74, 6) is 0. The van der Waals surface area contributed by atoms with Gasteiger partial charge in [-0.05, 0) is 13.8 Å². The van der Waals surface area contributed by atoms with Gasteiger partial charge >= 0.3 is 0 Å². The van der Waals surface area contributed by atoms with Crippen molar-refractivity contribution in [3.8, 4) is 0 Å². The van der Waals surface area contributed by atoms with E-state index < -0.39 is 0 Å². The first-order valence-electron chi connectivity index (χ1n) is 6.17. The van der Waals surface area contributed by atoms with E-state index in [0.29, 0.717) is 0 Å². The van der Waals surface area contributed by atoms with Gasteiger partial charge in [-0.3, -0.25) is 9.80 Å². The molecule has 0 aromatic carbocycles. The Hall–Kier alpha value is -0.490. The molecule has 5 heteroatoms. The number of hydrogen-bond acceptors (Lipinski definition) is 5. The minimum Gasteiger partial charge on any atom is -0.395 e. The molecule has 0 atom stereocenters. The zero-order chi connectivity index (χ0) is 12.3. The number of aryl methyl sites for hydroxylation is 2. The molecule has 1 N–H and O–H groups in total. The number of aromatic nitrogens is 1. The van der Waals surface area contributed by atoms with E-state index >= 15 is 0 Å². The smallest absolute Gasteiger partial charge is 0.107 e. The van der Waals surface area contributed by atoms with Gasteiger partial charge in [0.15, 0.2) is 0 Å². The number of β-amino-alcohol motifs (C(OH)–C–C–N with tert-alkyl or cyclic N) is 1. The fourth-order valence-corrected chi connectivity index (χ4v) is 3.09. The Balaban J connectivity index is 1.81. The summed E-state index contributed by atoms with van der Waals surface area (Å²) in [6, 6.07) is 0. The lowest BCUT2D eigenvalue weighted by Gasteiger charge is -2.33. The summed E-state index contributed by atoms with van der Waals surface area (Å²) in [6.45, 7) is 10.5. The third kappa shape index (κ3) is 3.48. The summed E-state index contributed by atoms with van der Waals surface area (Å²) in [6.07, 6.45) is 0. The molecule has 0 unspecified atom stereocenters. The molecule has 0 spiro atoms. The minimum atomic E-state index is 0.269. The van der Waals surface area contributed by atoms with Crippen molar-refractivity contribution in [2.75, 3.05) is 39.3 Å². The van der Waals surface area contributed by atoms with E-state index in [9.17, 15) is 0 Å². The molecular formula is C12H21N3OS. The van der Waals surface area contributed by atoms with Crippen LogP contribution in [0.25, 0.3) is 0 Å². The molecule has 96 valence electrons. The van der Waals surface area contributed by atoms with E-state index in [4.69, 9.17) is 5.11 Å². The standard InChI is InChI=1S/C12H21N3OS/c1-10-11(2)17-12(13-10)9-15-5-3-14(4-6-15)7-8-16/h16H,3-9H2,1-2H3. The van der Waals surface area contributed by atoms with Crippen molar-refractivity contribution >= 4 is 11.3 Å².